The third-order valence-corrected chi connectivity index (χ3v) is 4.26. The summed E-state index contributed by atoms with van der Waals surface area (Å²) in [4.78, 5) is 10.2. The molecule has 0 aliphatic carbocycles. The molecule has 3 nitrogen and oxygen atoms in total. The molecule has 0 saturated heterocycles. The van der Waals surface area contributed by atoms with Crippen LogP contribution in [0.4, 0.5) is 0 Å². The van der Waals surface area contributed by atoms with Crippen LogP contribution in [-0.4, -0.2) is 24.6 Å². The van der Waals surface area contributed by atoms with Crippen LogP contribution in [0.15, 0.2) is 12.2 Å². The number of hydrogen-bond donors (Lipinski definition) is 1. The molecule has 0 radical (unpaired) electrons. The van der Waals surface area contributed by atoms with Gasteiger partial charge in [-0.15, -0.1) is 0 Å². The van der Waals surface area contributed by atoms with Gasteiger partial charge in [-0.1, -0.05) is 0 Å². The Bertz CT molecular complexity index is 253. The fourth-order valence-corrected chi connectivity index (χ4v) is 2.54. The third-order valence-electron chi connectivity index (χ3n) is 1.97. The van der Waals surface area contributed by atoms with E-state index in [1.807, 2.05) is 17.5 Å². The Kier molecular flexibility index (Phi) is 7.58. The van der Waals surface area contributed by atoms with Crippen molar-refractivity contribution in [3.8, 4) is 0 Å². The molecule has 0 saturated carbocycles. The molecule has 0 aliphatic heterocycles. The van der Waals surface area contributed by atoms with Crippen molar-refractivity contribution in [1.29, 1.82) is 0 Å². The molecule has 15 heavy (non-hydrogen) atoms. The van der Waals surface area contributed by atoms with Crippen molar-refractivity contribution in [1.82, 2.24) is 0 Å². The summed E-state index contributed by atoms with van der Waals surface area (Å²) in [6.07, 6.45) is 8.03. The summed E-state index contributed by atoms with van der Waals surface area (Å²) < 4.78 is 11.4. The SMILES string of the molecule is C[As](C)(=O)C/C=C\CCCCCC(=O)O. The standard InChI is InChI=1S/C11H21AsO3/c1-12(2,15)10-8-6-4-3-5-7-9-11(13)14/h6,8H,3-5,7,9-10H2,1-2H3,(H,13,14)/b8-6-. The summed E-state index contributed by atoms with van der Waals surface area (Å²) in [5.74, 6) is -0.717. The molecular weight excluding hydrogens is 255 g/mol. The summed E-state index contributed by atoms with van der Waals surface area (Å²) in [5.41, 5.74) is 3.69. The first-order chi connectivity index (χ1) is 6.92. The van der Waals surface area contributed by atoms with E-state index >= 15 is 0 Å². The zero-order valence-electron chi connectivity index (χ0n) is 9.61. The quantitative estimate of drug-likeness (QED) is 0.421. The Morgan fingerprint density at radius 1 is 1.20 bits per heavy atom. The van der Waals surface area contributed by atoms with Crippen LogP contribution in [0.3, 0.4) is 0 Å². The number of carboxylic acids is 1. The fourth-order valence-electron chi connectivity index (χ4n) is 1.16. The molecule has 0 spiro atoms. The number of allylic oxidation sites excluding steroid dienone is 2. The average Bonchev–Trinajstić information content (AvgIpc) is 2.07. The summed E-state index contributed by atoms with van der Waals surface area (Å²) in [6, 6.07) is 0. The van der Waals surface area contributed by atoms with Gasteiger partial charge in [0.2, 0.25) is 0 Å². The second-order valence-electron chi connectivity index (χ2n) is 4.22. The van der Waals surface area contributed by atoms with Gasteiger partial charge in [0.15, 0.2) is 0 Å². The predicted octanol–water partition coefficient (Wildman–Crippen LogP) is 3.21. The molecule has 0 aromatic heterocycles. The van der Waals surface area contributed by atoms with Crippen LogP contribution in [0.2, 0.25) is 16.6 Å². The third kappa shape index (κ3) is 13.6. The molecule has 0 unspecified atom stereocenters. The molecule has 1 N–H and O–H groups in total. The van der Waals surface area contributed by atoms with Crippen molar-refractivity contribution < 1.29 is 13.6 Å². The van der Waals surface area contributed by atoms with Crippen molar-refractivity contribution in [3.05, 3.63) is 12.2 Å². The number of hydrogen-bond acceptors (Lipinski definition) is 2. The summed E-state index contributed by atoms with van der Waals surface area (Å²) in [7, 11) is 0. The number of carboxylic acid groups (broad SMARTS) is 1. The van der Waals surface area contributed by atoms with Crippen molar-refractivity contribution in [3.63, 3.8) is 0 Å². The second kappa shape index (κ2) is 7.81. The van der Waals surface area contributed by atoms with Crippen LogP contribution in [0.5, 0.6) is 0 Å². The minimum atomic E-state index is -2.47. The van der Waals surface area contributed by atoms with E-state index in [9.17, 15) is 8.53 Å². The number of aliphatic carboxylic acids is 1. The van der Waals surface area contributed by atoms with E-state index in [2.05, 4.69) is 6.08 Å². The Morgan fingerprint density at radius 3 is 2.40 bits per heavy atom. The summed E-state index contributed by atoms with van der Waals surface area (Å²) in [6.45, 7) is 0. The Balaban J connectivity index is 3.31. The zero-order chi connectivity index (χ0) is 11.7. The van der Waals surface area contributed by atoms with Gasteiger partial charge < -0.3 is 0 Å². The molecule has 0 rings (SSSR count). The van der Waals surface area contributed by atoms with E-state index in [-0.39, 0.29) is 6.42 Å². The van der Waals surface area contributed by atoms with E-state index in [4.69, 9.17) is 5.11 Å². The maximum atomic E-state index is 11.4. The van der Waals surface area contributed by atoms with Gasteiger partial charge in [0.1, 0.15) is 0 Å². The molecule has 0 aliphatic rings. The Morgan fingerprint density at radius 2 is 1.87 bits per heavy atom. The molecule has 0 aromatic rings. The second-order valence-corrected chi connectivity index (χ2v) is 11.6. The molecule has 0 amide bonds. The summed E-state index contributed by atoms with van der Waals surface area (Å²) in [5, 5.41) is 9.13. The fraction of sp³-hybridized carbons (Fsp3) is 0.727. The van der Waals surface area contributed by atoms with E-state index in [0.29, 0.717) is 0 Å². The van der Waals surface area contributed by atoms with Crippen LogP contribution in [0, 0.1) is 0 Å². The van der Waals surface area contributed by atoms with Crippen LogP contribution in [-0.2, 0) is 8.53 Å². The predicted molar refractivity (Wildman–Crippen MR) is 62.8 cm³/mol. The van der Waals surface area contributed by atoms with Gasteiger partial charge in [0, 0.05) is 0 Å². The van der Waals surface area contributed by atoms with Gasteiger partial charge in [-0.05, 0) is 0 Å². The number of unbranched alkanes of at least 4 members (excludes halogenated alkanes) is 3. The Labute approximate surface area is 94.2 Å². The minimum absolute atomic E-state index is 0.270. The van der Waals surface area contributed by atoms with Gasteiger partial charge >= 0.3 is 94.0 Å². The first kappa shape index (κ1) is 14.6. The van der Waals surface area contributed by atoms with E-state index in [1.165, 1.54) is 0 Å². The van der Waals surface area contributed by atoms with Crippen LogP contribution >= 0.6 is 0 Å². The first-order valence-corrected chi connectivity index (χ1v) is 11.2. The molecule has 0 bridgehead atoms. The monoisotopic (exact) mass is 276 g/mol. The topological polar surface area (TPSA) is 54.4 Å². The first-order valence-electron chi connectivity index (χ1n) is 5.32. The van der Waals surface area contributed by atoms with Crippen molar-refractivity contribution in [2.75, 3.05) is 0 Å². The molecule has 88 valence electrons. The number of rotatable bonds is 8. The normalized spacial score (nSPS) is 12.1. The van der Waals surface area contributed by atoms with Gasteiger partial charge in [0.05, 0.1) is 0 Å². The van der Waals surface area contributed by atoms with Crippen LogP contribution in [0.1, 0.15) is 32.1 Å². The average molecular weight is 276 g/mol. The van der Waals surface area contributed by atoms with Crippen molar-refractivity contribution >= 4 is 19.5 Å². The molecule has 0 atom stereocenters. The van der Waals surface area contributed by atoms with Gasteiger partial charge in [-0.3, -0.25) is 0 Å². The maximum absolute atomic E-state index is 11.4. The van der Waals surface area contributed by atoms with Crippen molar-refractivity contribution in [2.45, 2.75) is 48.7 Å². The molecule has 0 aromatic carbocycles. The van der Waals surface area contributed by atoms with E-state index in [0.717, 1.165) is 30.9 Å². The van der Waals surface area contributed by atoms with E-state index < -0.39 is 19.5 Å². The van der Waals surface area contributed by atoms with Gasteiger partial charge in [0.25, 0.3) is 0 Å². The number of carbonyl (C=O) groups is 1. The van der Waals surface area contributed by atoms with Gasteiger partial charge in [-0.25, -0.2) is 0 Å². The molecular formula is C11H21AsO3. The molecule has 0 heterocycles. The van der Waals surface area contributed by atoms with E-state index in [1.54, 1.807) is 0 Å². The van der Waals surface area contributed by atoms with Crippen molar-refractivity contribution in [2.24, 2.45) is 0 Å². The Hall–Kier alpha value is -0.432. The summed E-state index contributed by atoms with van der Waals surface area (Å²) >= 11 is -2.47. The zero-order valence-corrected chi connectivity index (χ0v) is 11.5. The van der Waals surface area contributed by atoms with Crippen LogP contribution in [0.25, 0.3) is 0 Å². The van der Waals surface area contributed by atoms with Gasteiger partial charge in [-0.2, -0.15) is 0 Å². The molecule has 4 heteroatoms. The molecule has 0 fully saturated rings. The van der Waals surface area contributed by atoms with Crippen LogP contribution < -0.4 is 0 Å².